The number of amides is 2. The number of hydrogen-bond acceptors (Lipinski definition) is 3. The maximum atomic E-state index is 12.6. The summed E-state index contributed by atoms with van der Waals surface area (Å²) in [5.74, 6) is 0.882. The number of carbonyl (C=O) groups excluding carboxylic acids is 2. The van der Waals surface area contributed by atoms with Gasteiger partial charge in [0.2, 0.25) is 5.91 Å². The summed E-state index contributed by atoms with van der Waals surface area (Å²) >= 11 is 0. The Morgan fingerprint density at radius 1 is 1.12 bits per heavy atom. The van der Waals surface area contributed by atoms with Crippen molar-refractivity contribution in [1.29, 1.82) is 0 Å². The number of aryl methyl sites for hydroxylation is 3. The lowest BCUT2D eigenvalue weighted by Gasteiger charge is -2.18. The maximum Gasteiger partial charge on any atom is 0.257 e. The van der Waals surface area contributed by atoms with Crippen molar-refractivity contribution in [2.75, 3.05) is 18.9 Å². The number of likely N-dealkylation sites (N-methyl/N-ethyl adjacent to an activating group) is 1. The fourth-order valence-corrected chi connectivity index (χ4v) is 2.73. The highest BCUT2D eigenvalue weighted by atomic mass is 16.3. The van der Waals surface area contributed by atoms with Crippen molar-refractivity contribution in [2.24, 2.45) is 0 Å². The van der Waals surface area contributed by atoms with Crippen LogP contribution in [-0.2, 0) is 11.2 Å². The van der Waals surface area contributed by atoms with Crippen LogP contribution in [-0.4, -0.2) is 30.3 Å². The number of hydrogen-bond donors (Lipinski definition) is 1. The van der Waals surface area contributed by atoms with Crippen molar-refractivity contribution in [1.82, 2.24) is 4.90 Å². The molecule has 0 aliphatic heterocycles. The zero-order valence-electron chi connectivity index (χ0n) is 14.9. The van der Waals surface area contributed by atoms with Crippen LogP contribution in [0.5, 0.6) is 0 Å². The minimum absolute atomic E-state index is 0.0139. The molecule has 0 unspecified atom stereocenters. The monoisotopic (exact) mass is 328 g/mol. The number of nitrogens with one attached hydrogen (secondary N) is 1. The molecular formula is C19H24N2O3. The molecule has 0 aliphatic carbocycles. The highest BCUT2D eigenvalue weighted by Crippen LogP contribution is 2.22. The molecule has 1 N–H and O–H groups in total. The van der Waals surface area contributed by atoms with E-state index in [1.165, 1.54) is 4.90 Å². The van der Waals surface area contributed by atoms with Crippen LogP contribution in [0, 0.1) is 20.8 Å². The van der Waals surface area contributed by atoms with Gasteiger partial charge in [0.05, 0.1) is 12.1 Å². The molecule has 0 spiro atoms. The molecule has 1 heterocycles. The van der Waals surface area contributed by atoms with Gasteiger partial charge in [-0.3, -0.25) is 9.59 Å². The zero-order valence-corrected chi connectivity index (χ0v) is 14.9. The summed E-state index contributed by atoms with van der Waals surface area (Å²) in [5.41, 5.74) is 3.21. The summed E-state index contributed by atoms with van der Waals surface area (Å²) in [6.45, 7) is 7.46. The van der Waals surface area contributed by atoms with E-state index in [4.69, 9.17) is 4.42 Å². The molecule has 24 heavy (non-hydrogen) atoms. The Balaban J connectivity index is 2.07. The van der Waals surface area contributed by atoms with Gasteiger partial charge in [-0.2, -0.15) is 0 Å². The predicted molar refractivity (Wildman–Crippen MR) is 94.3 cm³/mol. The van der Waals surface area contributed by atoms with Gasteiger partial charge < -0.3 is 14.6 Å². The van der Waals surface area contributed by atoms with Crippen LogP contribution < -0.4 is 5.32 Å². The Kier molecular flexibility index (Phi) is 5.44. The van der Waals surface area contributed by atoms with E-state index in [1.54, 1.807) is 14.0 Å². The molecule has 1 aromatic carbocycles. The largest absolute Gasteiger partial charge is 0.466 e. The van der Waals surface area contributed by atoms with Gasteiger partial charge in [-0.15, -0.1) is 0 Å². The predicted octanol–water partition coefficient (Wildman–Crippen LogP) is 3.48. The molecule has 2 aromatic rings. The van der Waals surface area contributed by atoms with E-state index in [0.29, 0.717) is 11.3 Å². The van der Waals surface area contributed by atoms with E-state index < -0.39 is 0 Å². The summed E-state index contributed by atoms with van der Waals surface area (Å²) in [4.78, 5) is 26.3. The van der Waals surface area contributed by atoms with E-state index in [0.717, 1.165) is 29.0 Å². The van der Waals surface area contributed by atoms with E-state index in [2.05, 4.69) is 5.32 Å². The quantitative estimate of drug-likeness (QED) is 0.914. The second-order valence-corrected chi connectivity index (χ2v) is 5.93. The second kappa shape index (κ2) is 7.34. The van der Waals surface area contributed by atoms with Gasteiger partial charge in [-0.05, 0) is 38.8 Å². The maximum absolute atomic E-state index is 12.6. The SMILES string of the molecule is CCc1ccccc1NC(=O)CN(C)C(=O)c1c(C)oc(C)c1C. The number of benzene rings is 1. The summed E-state index contributed by atoms with van der Waals surface area (Å²) < 4.78 is 5.50. The minimum Gasteiger partial charge on any atom is -0.466 e. The lowest BCUT2D eigenvalue weighted by molar-refractivity contribution is -0.116. The highest BCUT2D eigenvalue weighted by molar-refractivity contribution is 6.00. The van der Waals surface area contributed by atoms with Gasteiger partial charge in [-0.25, -0.2) is 0 Å². The number of carbonyl (C=O) groups is 2. The average Bonchev–Trinajstić information content (AvgIpc) is 2.79. The van der Waals surface area contributed by atoms with Gasteiger partial charge in [0.15, 0.2) is 0 Å². The van der Waals surface area contributed by atoms with Gasteiger partial charge >= 0.3 is 0 Å². The minimum atomic E-state index is -0.220. The van der Waals surface area contributed by atoms with E-state index in [1.807, 2.05) is 45.0 Å². The van der Waals surface area contributed by atoms with Crippen molar-refractivity contribution >= 4 is 17.5 Å². The number of nitrogens with zero attached hydrogens (tertiary/aromatic N) is 1. The number of rotatable bonds is 5. The number of para-hydroxylation sites is 1. The molecule has 2 rings (SSSR count). The summed E-state index contributed by atoms with van der Waals surface area (Å²) in [7, 11) is 1.62. The average molecular weight is 328 g/mol. The fraction of sp³-hybridized carbons (Fsp3) is 0.368. The van der Waals surface area contributed by atoms with Crippen LogP contribution >= 0.6 is 0 Å². The summed E-state index contributed by atoms with van der Waals surface area (Å²) in [6.07, 6.45) is 0.831. The first-order valence-corrected chi connectivity index (χ1v) is 8.05. The Hall–Kier alpha value is -2.56. The Morgan fingerprint density at radius 3 is 2.38 bits per heavy atom. The van der Waals surface area contributed by atoms with Crippen LogP contribution in [0.1, 0.15) is 39.9 Å². The third kappa shape index (κ3) is 3.67. The fourth-order valence-electron chi connectivity index (χ4n) is 2.73. The topological polar surface area (TPSA) is 62.6 Å². The van der Waals surface area contributed by atoms with Crippen LogP contribution in [0.2, 0.25) is 0 Å². The molecule has 1 aromatic heterocycles. The normalized spacial score (nSPS) is 10.5. The second-order valence-electron chi connectivity index (χ2n) is 5.93. The first-order valence-electron chi connectivity index (χ1n) is 8.05. The van der Waals surface area contributed by atoms with Gasteiger partial charge in [0.1, 0.15) is 11.5 Å². The molecule has 0 saturated carbocycles. The number of furan rings is 1. The molecule has 128 valence electrons. The molecular weight excluding hydrogens is 304 g/mol. The lowest BCUT2D eigenvalue weighted by Crippen LogP contribution is -2.35. The van der Waals surface area contributed by atoms with Crippen molar-refractivity contribution in [3.63, 3.8) is 0 Å². The smallest absolute Gasteiger partial charge is 0.257 e. The Labute approximate surface area is 142 Å². The third-order valence-electron chi connectivity index (χ3n) is 4.18. The molecule has 2 amide bonds. The molecule has 5 nitrogen and oxygen atoms in total. The van der Waals surface area contributed by atoms with Crippen molar-refractivity contribution in [3.8, 4) is 0 Å². The van der Waals surface area contributed by atoms with Crippen molar-refractivity contribution < 1.29 is 14.0 Å². The summed E-state index contributed by atoms with van der Waals surface area (Å²) in [6, 6.07) is 7.67. The van der Waals surface area contributed by atoms with E-state index in [9.17, 15) is 9.59 Å². The van der Waals surface area contributed by atoms with Crippen LogP contribution in [0.25, 0.3) is 0 Å². The Bertz CT molecular complexity index is 762. The van der Waals surface area contributed by atoms with E-state index >= 15 is 0 Å². The van der Waals surface area contributed by atoms with Crippen molar-refractivity contribution in [2.45, 2.75) is 34.1 Å². The molecule has 0 aliphatic rings. The first-order chi connectivity index (χ1) is 11.3. The van der Waals surface area contributed by atoms with Gasteiger partial charge in [-0.1, -0.05) is 25.1 Å². The molecule has 0 bridgehead atoms. The van der Waals surface area contributed by atoms with Gasteiger partial charge in [0, 0.05) is 18.3 Å². The van der Waals surface area contributed by atoms with Gasteiger partial charge in [0.25, 0.3) is 5.91 Å². The molecule has 0 atom stereocenters. The first kappa shape index (κ1) is 17.8. The lowest BCUT2D eigenvalue weighted by atomic mass is 10.1. The Morgan fingerprint density at radius 2 is 1.79 bits per heavy atom. The molecule has 0 fully saturated rings. The van der Waals surface area contributed by atoms with Crippen LogP contribution in [0.15, 0.2) is 28.7 Å². The molecule has 0 saturated heterocycles. The zero-order chi connectivity index (χ0) is 17.9. The number of anilines is 1. The van der Waals surface area contributed by atoms with Crippen molar-refractivity contribution in [3.05, 3.63) is 52.5 Å². The molecule has 5 heteroatoms. The van der Waals surface area contributed by atoms with Crippen LogP contribution in [0.3, 0.4) is 0 Å². The van der Waals surface area contributed by atoms with E-state index in [-0.39, 0.29) is 18.4 Å². The molecule has 0 radical (unpaired) electrons. The third-order valence-corrected chi connectivity index (χ3v) is 4.18. The highest BCUT2D eigenvalue weighted by Gasteiger charge is 2.23. The van der Waals surface area contributed by atoms with Crippen LogP contribution in [0.4, 0.5) is 5.69 Å². The summed E-state index contributed by atoms with van der Waals surface area (Å²) in [5, 5.41) is 2.88. The standard InChI is InChI=1S/C19H24N2O3/c1-6-15-9-7-8-10-16(15)20-17(22)11-21(5)19(23)18-12(2)13(3)24-14(18)4/h7-10H,6,11H2,1-5H3,(H,20,22).